The molecule has 0 saturated heterocycles. The second-order valence-electron chi connectivity index (χ2n) is 6.64. The van der Waals surface area contributed by atoms with Crippen molar-refractivity contribution in [2.45, 2.75) is 57.5 Å². The van der Waals surface area contributed by atoms with Crippen molar-refractivity contribution in [3.8, 4) is 0 Å². The fourth-order valence-corrected chi connectivity index (χ4v) is 5.22. The fourth-order valence-electron chi connectivity index (χ4n) is 3.12. The van der Waals surface area contributed by atoms with Crippen LogP contribution in [0.15, 0.2) is 5.16 Å². The standard InChI is InChI=1S/C18H25N3O2S2/c1-3-4-5-8-23-14(22)10-24-18-20-16(19)15-12-7-6-11(2)9-13(12)25-17(15)21-18/h11H,3-10H2,1-2H3,(H2,19,20,21)/t11-/m0/s1. The normalized spacial score (nSPS) is 16.8. The van der Waals surface area contributed by atoms with Gasteiger partial charge in [0.25, 0.3) is 0 Å². The van der Waals surface area contributed by atoms with Crippen molar-refractivity contribution in [2.75, 3.05) is 18.1 Å². The Hall–Kier alpha value is -1.34. The third kappa shape index (κ3) is 4.44. The lowest BCUT2D eigenvalue weighted by atomic mass is 9.89. The lowest BCUT2D eigenvalue weighted by Gasteiger charge is -2.17. The number of thiophene rings is 1. The lowest BCUT2D eigenvalue weighted by molar-refractivity contribution is -0.140. The number of nitrogen functional groups attached to an aromatic ring is 1. The van der Waals surface area contributed by atoms with Crippen molar-refractivity contribution in [1.29, 1.82) is 0 Å². The van der Waals surface area contributed by atoms with Crippen LogP contribution < -0.4 is 5.73 Å². The number of hydrogen-bond acceptors (Lipinski definition) is 7. The number of unbranched alkanes of at least 4 members (excludes halogenated alkanes) is 2. The largest absolute Gasteiger partial charge is 0.465 e. The third-order valence-corrected chi connectivity index (χ3v) is 6.46. The van der Waals surface area contributed by atoms with Crippen molar-refractivity contribution in [2.24, 2.45) is 5.92 Å². The van der Waals surface area contributed by atoms with Crippen LogP contribution in [0, 0.1) is 5.92 Å². The molecule has 0 fully saturated rings. The monoisotopic (exact) mass is 379 g/mol. The number of nitrogens with two attached hydrogens (primary N) is 1. The minimum absolute atomic E-state index is 0.220. The summed E-state index contributed by atoms with van der Waals surface area (Å²) in [6.07, 6.45) is 6.46. The number of hydrogen-bond donors (Lipinski definition) is 1. The predicted octanol–water partition coefficient (Wildman–Crippen LogP) is 4.22. The zero-order valence-electron chi connectivity index (χ0n) is 14.8. The van der Waals surface area contributed by atoms with E-state index in [0.29, 0.717) is 23.5 Å². The van der Waals surface area contributed by atoms with Crippen LogP contribution in [0.1, 0.15) is 50.0 Å². The number of carbonyl (C=O) groups is 1. The van der Waals surface area contributed by atoms with Crippen molar-refractivity contribution in [3.63, 3.8) is 0 Å². The maximum atomic E-state index is 11.8. The van der Waals surface area contributed by atoms with Gasteiger partial charge in [0.15, 0.2) is 5.16 Å². The molecule has 5 nitrogen and oxygen atoms in total. The van der Waals surface area contributed by atoms with Gasteiger partial charge in [-0.1, -0.05) is 38.5 Å². The molecule has 1 atom stereocenters. The summed E-state index contributed by atoms with van der Waals surface area (Å²) < 4.78 is 5.22. The van der Waals surface area contributed by atoms with Gasteiger partial charge in [0.1, 0.15) is 10.6 Å². The number of thioether (sulfide) groups is 1. The molecular weight excluding hydrogens is 354 g/mol. The molecule has 0 unspecified atom stereocenters. The van der Waals surface area contributed by atoms with Crippen LogP contribution in [0.4, 0.5) is 5.82 Å². The number of anilines is 1. The molecule has 2 heterocycles. The van der Waals surface area contributed by atoms with Crippen LogP contribution in [0.3, 0.4) is 0 Å². The Balaban J connectivity index is 1.66. The summed E-state index contributed by atoms with van der Waals surface area (Å²) in [5.41, 5.74) is 7.54. The summed E-state index contributed by atoms with van der Waals surface area (Å²) in [5, 5.41) is 1.58. The molecule has 2 aromatic heterocycles. The Kier molecular flexibility index (Phi) is 6.17. The molecule has 0 saturated carbocycles. The van der Waals surface area contributed by atoms with E-state index in [2.05, 4.69) is 23.8 Å². The van der Waals surface area contributed by atoms with Gasteiger partial charge >= 0.3 is 5.97 Å². The molecule has 0 radical (unpaired) electrons. The van der Waals surface area contributed by atoms with E-state index in [-0.39, 0.29) is 11.7 Å². The van der Waals surface area contributed by atoms with Gasteiger partial charge in [-0.05, 0) is 37.2 Å². The van der Waals surface area contributed by atoms with Crippen LogP contribution in [0.25, 0.3) is 10.2 Å². The van der Waals surface area contributed by atoms with E-state index in [0.717, 1.165) is 42.3 Å². The number of aryl methyl sites for hydroxylation is 1. The maximum Gasteiger partial charge on any atom is 0.316 e. The van der Waals surface area contributed by atoms with E-state index >= 15 is 0 Å². The predicted molar refractivity (Wildman–Crippen MR) is 104 cm³/mol. The van der Waals surface area contributed by atoms with Crippen molar-refractivity contribution < 1.29 is 9.53 Å². The summed E-state index contributed by atoms with van der Waals surface area (Å²) in [4.78, 5) is 23.2. The Bertz CT molecular complexity index is 760. The summed E-state index contributed by atoms with van der Waals surface area (Å²) in [5.74, 6) is 1.25. The fraction of sp³-hybridized carbons (Fsp3) is 0.611. The lowest BCUT2D eigenvalue weighted by Crippen LogP contribution is -2.10. The van der Waals surface area contributed by atoms with E-state index in [9.17, 15) is 4.79 Å². The molecule has 7 heteroatoms. The van der Waals surface area contributed by atoms with Gasteiger partial charge in [0.2, 0.25) is 0 Å². The number of rotatable bonds is 7. The van der Waals surface area contributed by atoms with E-state index in [1.54, 1.807) is 11.3 Å². The van der Waals surface area contributed by atoms with E-state index in [4.69, 9.17) is 10.5 Å². The van der Waals surface area contributed by atoms with Crippen molar-refractivity contribution in [1.82, 2.24) is 9.97 Å². The van der Waals surface area contributed by atoms with Gasteiger partial charge in [-0.3, -0.25) is 4.79 Å². The first-order chi connectivity index (χ1) is 12.1. The summed E-state index contributed by atoms with van der Waals surface area (Å²) in [6, 6.07) is 0. The molecule has 0 aromatic carbocycles. The van der Waals surface area contributed by atoms with Gasteiger partial charge in [-0.15, -0.1) is 11.3 Å². The number of ether oxygens (including phenoxy) is 1. The van der Waals surface area contributed by atoms with Gasteiger partial charge in [0, 0.05) is 4.88 Å². The van der Waals surface area contributed by atoms with Crippen LogP contribution in [-0.4, -0.2) is 28.3 Å². The minimum atomic E-state index is -0.220. The van der Waals surface area contributed by atoms with Crippen molar-refractivity contribution in [3.05, 3.63) is 10.4 Å². The van der Waals surface area contributed by atoms with Gasteiger partial charge in [-0.25, -0.2) is 9.97 Å². The highest BCUT2D eigenvalue weighted by atomic mass is 32.2. The number of esters is 1. The second kappa shape index (κ2) is 8.36. The highest BCUT2D eigenvalue weighted by Gasteiger charge is 2.23. The van der Waals surface area contributed by atoms with Crippen LogP contribution in [0.5, 0.6) is 0 Å². The Morgan fingerprint density at radius 2 is 2.24 bits per heavy atom. The molecule has 1 aliphatic carbocycles. The zero-order valence-corrected chi connectivity index (χ0v) is 16.5. The molecule has 25 heavy (non-hydrogen) atoms. The summed E-state index contributed by atoms with van der Waals surface area (Å²) in [7, 11) is 0. The molecule has 3 rings (SSSR count). The molecule has 2 N–H and O–H groups in total. The average Bonchev–Trinajstić information content (AvgIpc) is 2.94. The van der Waals surface area contributed by atoms with Gasteiger partial charge in [-0.2, -0.15) is 0 Å². The molecular formula is C18H25N3O2S2. The van der Waals surface area contributed by atoms with E-state index in [1.807, 2.05) is 0 Å². The smallest absolute Gasteiger partial charge is 0.316 e. The quantitative estimate of drug-likeness (QED) is 0.336. The maximum absolute atomic E-state index is 11.8. The molecule has 0 amide bonds. The molecule has 0 spiro atoms. The zero-order chi connectivity index (χ0) is 17.8. The van der Waals surface area contributed by atoms with Crippen molar-refractivity contribution >= 4 is 45.1 Å². The highest BCUT2D eigenvalue weighted by Crippen LogP contribution is 2.39. The first-order valence-corrected chi connectivity index (χ1v) is 10.7. The SMILES string of the molecule is CCCCCOC(=O)CSc1nc(N)c2c3c(sc2n1)C[C@@H](C)CC3. The Morgan fingerprint density at radius 3 is 3.04 bits per heavy atom. The Morgan fingerprint density at radius 1 is 1.40 bits per heavy atom. The number of nitrogens with zero attached hydrogens (tertiary/aromatic N) is 2. The van der Waals surface area contributed by atoms with E-state index < -0.39 is 0 Å². The highest BCUT2D eigenvalue weighted by molar-refractivity contribution is 7.99. The first kappa shape index (κ1) is 18.5. The van der Waals surface area contributed by atoms with Crippen LogP contribution >= 0.6 is 23.1 Å². The van der Waals surface area contributed by atoms with E-state index in [1.165, 1.54) is 28.6 Å². The molecule has 136 valence electrons. The number of carbonyl (C=O) groups excluding carboxylic acids is 1. The Labute approximate surface area is 156 Å². The average molecular weight is 380 g/mol. The number of fused-ring (bicyclic) bond motifs is 3. The minimum Gasteiger partial charge on any atom is -0.465 e. The number of aromatic nitrogens is 2. The summed E-state index contributed by atoms with van der Waals surface area (Å²) in [6.45, 7) is 4.90. The van der Waals surface area contributed by atoms with Gasteiger partial charge in [0.05, 0.1) is 17.7 Å². The second-order valence-corrected chi connectivity index (χ2v) is 8.67. The van der Waals surface area contributed by atoms with Crippen LogP contribution in [0.2, 0.25) is 0 Å². The van der Waals surface area contributed by atoms with Gasteiger partial charge < -0.3 is 10.5 Å². The third-order valence-electron chi connectivity index (χ3n) is 4.49. The molecule has 0 bridgehead atoms. The summed E-state index contributed by atoms with van der Waals surface area (Å²) >= 11 is 3.02. The topological polar surface area (TPSA) is 78.1 Å². The molecule has 0 aliphatic heterocycles. The van der Waals surface area contributed by atoms with Crippen LogP contribution in [-0.2, 0) is 22.4 Å². The molecule has 1 aliphatic rings. The first-order valence-electron chi connectivity index (χ1n) is 8.94. The molecule has 2 aromatic rings.